The third-order valence-electron chi connectivity index (χ3n) is 3.49. The Morgan fingerprint density at radius 3 is 3.05 bits per heavy atom. The summed E-state index contributed by atoms with van der Waals surface area (Å²) in [5.41, 5.74) is 8.90. The number of nitrogens with zero attached hydrogens (tertiary/aromatic N) is 2. The van der Waals surface area contributed by atoms with E-state index in [1.54, 1.807) is 0 Å². The molecule has 0 radical (unpaired) electrons. The summed E-state index contributed by atoms with van der Waals surface area (Å²) in [4.78, 5) is 3.73. The molecule has 104 valence electrons. The first-order valence-electron chi connectivity index (χ1n) is 6.26. The van der Waals surface area contributed by atoms with Gasteiger partial charge < -0.3 is 15.8 Å². The van der Waals surface area contributed by atoms with Crippen LogP contribution in [0.5, 0.6) is 0 Å². The molecule has 3 N–H and O–H groups in total. The van der Waals surface area contributed by atoms with Crippen LogP contribution in [0, 0.1) is 0 Å². The molecule has 0 fully saturated rings. The first-order valence-corrected chi connectivity index (χ1v) is 7.94. The van der Waals surface area contributed by atoms with E-state index in [0.717, 1.165) is 35.2 Å². The molecule has 0 amide bonds. The van der Waals surface area contributed by atoms with E-state index in [1.807, 2.05) is 29.5 Å². The number of oxime groups is 1. The van der Waals surface area contributed by atoms with Crippen molar-refractivity contribution in [2.24, 2.45) is 10.9 Å². The predicted octanol–water partition coefficient (Wildman–Crippen LogP) is 3.17. The summed E-state index contributed by atoms with van der Waals surface area (Å²) in [5, 5.41) is 14.2. The molecular formula is C14H14BrN3OS. The lowest BCUT2D eigenvalue weighted by molar-refractivity contribution is 0.318. The first kappa shape index (κ1) is 13.5. The second kappa shape index (κ2) is 5.46. The van der Waals surface area contributed by atoms with Gasteiger partial charge in [0.15, 0.2) is 5.84 Å². The first-order chi connectivity index (χ1) is 9.69. The number of hydrogen-bond donors (Lipinski definition) is 2. The minimum Gasteiger partial charge on any atom is -0.409 e. The van der Waals surface area contributed by atoms with Gasteiger partial charge in [-0.05, 0) is 41.6 Å². The number of benzene rings is 1. The van der Waals surface area contributed by atoms with Crippen LogP contribution in [0.1, 0.15) is 16.0 Å². The molecule has 20 heavy (non-hydrogen) atoms. The number of fused-ring (bicyclic) bond motifs is 1. The molecule has 0 unspecified atom stereocenters. The highest BCUT2D eigenvalue weighted by Gasteiger charge is 2.21. The summed E-state index contributed by atoms with van der Waals surface area (Å²) in [6.07, 6.45) is 1.04. The highest BCUT2D eigenvalue weighted by atomic mass is 79.9. The van der Waals surface area contributed by atoms with Gasteiger partial charge in [-0.3, -0.25) is 0 Å². The van der Waals surface area contributed by atoms with Gasteiger partial charge in [-0.1, -0.05) is 21.1 Å². The van der Waals surface area contributed by atoms with E-state index in [0.29, 0.717) is 0 Å². The van der Waals surface area contributed by atoms with Gasteiger partial charge in [0.1, 0.15) is 0 Å². The fourth-order valence-corrected chi connectivity index (χ4v) is 3.73. The standard InChI is InChI=1S/C14H14BrN3OS/c15-10-1-2-11(14(16)17-19)12(7-10)18-5-3-13-9(8-18)4-6-20-13/h1-2,4,6-7,19H,3,5,8H2,(H2,16,17). The van der Waals surface area contributed by atoms with Crippen LogP contribution in [-0.4, -0.2) is 17.6 Å². The van der Waals surface area contributed by atoms with Crippen LogP contribution in [0.15, 0.2) is 39.3 Å². The Morgan fingerprint density at radius 1 is 1.40 bits per heavy atom. The van der Waals surface area contributed by atoms with Crippen molar-refractivity contribution in [3.63, 3.8) is 0 Å². The van der Waals surface area contributed by atoms with E-state index in [2.05, 4.69) is 37.4 Å². The molecule has 0 bridgehead atoms. The van der Waals surface area contributed by atoms with E-state index in [9.17, 15) is 0 Å². The molecule has 1 aromatic heterocycles. The number of rotatable bonds is 2. The Bertz CT molecular complexity index is 668. The number of thiophene rings is 1. The second-order valence-electron chi connectivity index (χ2n) is 4.69. The second-order valence-corrected chi connectivity index (χ2v) is 6.60. The summed E-state index contributed by atoms with van der Waals surface area (Å²) >= 11 is 5.31. The number of hydrogen-bond acceptors (Lipinski definition) is 4. The highest BCUT2D eigenvalue weighted by Crippen LogP contribution is 2.31. The fraction of sp³-hybridized carbons (Fsp3) is 0.214. The lowest BCUT2D eigenvalue weighted by atomic mass is 10.1. The molecule has 1 aromatic carbocycles. The maximum Gasteiger partial charge on any atom is 0.172 e. The SMILES string of the molecule is N/C(=N/O)c1ccc(Br)cc1N1CCc2sccc2C1. The van der Waals surface area contributed by atoms with Gasteiger partial charge in [-0.15, -0.1) is 11.3 Å². The van der Waals surface area contributed by atoms with Crippen molar-refractivity contribution in [3.05, 3.63) is 50.1 Å². The van der Waals surface area contributed by atoms with Crippen molar-refractivity contribution in [3.8, 4) is 0 Å². The van der Waals surface area contributed by atoms with Gasteiger partial charge in [-0.2, -0.15) is 0 Å². The lowest BCUT2D eigenvalue weighted by Crippen LogP contribution is -2.31. The van der Waals surface area contributed by atoms with E-state index < -0.39 is 0 Å². The minimum atomic E-state index is 0.142. The predicted molar refractivity (Wildman–Crippen MR) is 85.7 cm³/mol. The number of nitrogens with two attached hydrogens (primary N) is 1. The normalized spacial score (nSPS) is 15.2. The zero-order valence-electron chi connectivity index (χ0n) is 10.7. The van der Waals surface area contributed by atoms with Gasteiger partial charge in [0.2, 0.25) is 0 Å². The topological polar surface area (TPSA) is 61.9 Å². The monoisotopic (exact) mass is 351 g/mol. The van der Waals surface area contributed by atoms with Gasteiger partial charge in [0, 0.05) is 33.7 Å². The average molecular weight is 352 g/mol. The van der Waals surface area contributed by atoms with Crippen molar-refractivity contribution in [1.82, 2.24) is 0 Å². The zero-order chi connectivity index (χ0) is 14.1. The van der Waals surface area contributed by atoms with Gasteiger partial charge in [-0.25, -0.2) is 0 Å². The van der Waals surface area contributed by atoms with E-state index >= 15 is 0 Å². The number of anilines is 1. The molecule has 3 rings (SSSR count). The fourth-order valence-electron chi connectivity index (χ4n) is 2.49. The molecular weight excluding hydrogens is 338 g/mol. The van der Waals surface area contributed by atoms with E-state index in [-0.39, 0.29) is 5.84 Å². The van der Waals surface area contributed by atoms with Gasteiger partial charge in [0.25, 0.3) is 0 Å². The minimum absolute atomic E-state index is 0.142. The maximum atomic E-state index is 8.94. The smallest absolute Gasteiger partial charge is 0.172 e. The molecule has 2 heterocycles. The van der Waals surface area contributed by atoms with E-state index in [1.165, 1.54) is 10.4 Å². The molecule has 0 saturated carbocycles. The Kier molecular flexibility index (Phi) is 3.67. The van der Waals surface area contributed by atoms with Crippen LogP contribution >= 0.6 is 27.3 Å². The summed E-state index contributed by atoms with van der Waals surface area (Å²) in [5.74, 6) is 0.142. The highest BCUT2D eigenvalue weighted by molar-refractivity contribution is 9.10. The lowest BCUT2D eigenvalue weighted by Gasteiger charge is -2.30. The molecule has 0 spiro atoms. The Hall–Kier alpha value is -1.53. The van der Waals surface area contributed by atoms with Crippen LogP contribution in [0.2, 0.25) is 0 Å². The molecule has 2 aromatic rings. The zero-order valence-corrected chi connectivity index (χ0v) is 13.1. The van der Waals surface area contributed by atoms with Crippen LogP contribution < -0.4 is 10.6 Å². The molecule has 1 aliphatic heterocycles. The van der Waals surface area contributed by atoms with Gasteiger partial charge in [0.05, 0.1) is 0 Å². The van der Waals surface area contributed by atoms with Crippen LogP contribution in [0.4, 0.5) is 5.69 Å². The summed E-state index contributed by atoms with van der Waals surface area (Å²) in [6, 6.07) is 7.96. The largest absolute Gasteiger partial charge is 0.409 e. The number of amidine groups is 1. The summed E-state index contributed by atoms with van der Waals surface area (Å²) in [7, 11) is 0. The average Bonchev–Trinajstić information content (AvgIpc) is 2.93. The molecule has 0 atom stereocenters. The van der Waals surface area contributed by atoms with Crippen LogP contribution in [0.3, 0.4) is 0 Å². The maximum absolute atomic E-state index is 8.94. The quantitative estimate of drug-likeness (QED) is 0.378. The van der Waals surface area contributed by atoms with Crippen molar-refractivity contribution < 1.29 is 5.21 Å². The van der Waals surface area contributed by atoms with Crippen molar-refractivity contribution in [2.45, 2.75) is 13.0 Å². The number of halogens is 1. The molecule has 6 heteroatoms. The van der Waals surface area contributed by atoms with Crippen LogP contribution in [-0.2, 0) is 13.0 Å². The third kappa shape index (κ3) is 2.41. The van der Waals surface area contributed by atoms with Crippen LogP contribution in [0.25, 0.3) is 0 Å². The third-order valence-corrected chi connectivity index (χ3v) is 5.01. The van der Waals surface area contributed by atoms with E-state index in [4.69, 9.17) is 10.9 Å². The summed E-state index contributed by atoms with van der Waals surface area (Å²) < 4.78 is 0.984. The Morgan fingerprint density at radius 2 is 2.25 bits per heavy atom. The molecule has 4 nitrogen and oxygen atoms in total. The molecule has 0 aliphatic carbocycles. The Labute approximate surface area is 129 Å². The molecule has 0 saturated heterocycles. The molecule has 1 aliphatic rings. The van der Waals surface area contributed by atoms with Crippen molar-refractivity contribution in [1.29, 1.82) is 0 Å². The van der Waals surface area contributed by atoms with Crippen molar-refractivity contribution in [2.75, 3.05) is 11.4 Å². The van der Waals surface area contributed by atoms with Gasteiger partial charge >= 0.3 is 0 Å². The van der Waals surface area contributed by atoms with Crippen molar-refractivity contribution >= 4 is 38.8 Å². The Balaban J connectivity index is 2.00. The summed E-state index contributed by atoms with van der Waals surface area (Å²) in [6.45, 7) is 1.80.